The van der Waals surface area contributed by atoms with E-state index in [-0.39, 0.29) is 0 Å². The minimum Gasteiger partial charge on any atom is -0.370 e. The summed E-state index contributed by atoms with van der Waals surface area (Å²) in [6.45, 7) is 3.37. The Hall–Kier alpha value is -0.730. The molecule has 2 N–H and O–H groups in total. The summed E-state index contributed by atoms with van der Waals surface area (Å²) in [6.07, 6.45) is 10.3. The maximum Gasteiger partial charge on any atom is 0.191 e. The highest BCUT2D eigenvalue weighted by atomic mass is 15.3. The van der Waals surface area contributed by atoms with Gasteiger partial charge < -0.3 is 10.6 Å². The van der Waals surface area contributed by atoms with E-state index in [1.54, 1.807) is 0 Å². The van der Waals surface area contributed by atoms with Crippen molar-refractivity contribution in [2.75, 3.05) is 6.54 Å². The molecular formula is C13H25N3. The average Bonchev–Trinajstić information content (AvgIpc) is 2.81. The molecule has 1 aliphatic heterocycles. The fourth-order valence-electron chi connectivity index (χ4n) is 3.02. The van der Waals surface area contributed by atoms with Gasteiger partial charge in [-0.3, -0.25) is 0 Å². The van der Waals surface area contributed by atoms with Crippen LogP contribution in [0.25, 0.3) is 0 Å². The van der Waals surface area contributed by atoms with Crippen LogP contribution in [-0.2, 0) is 0 Å². The molecule has 1 saturated carbocycles. The Morgan fingerprint density at radius 2 is 1.88 bits per heavy atom. The second-order valence-electron chi connectivity index (χ2n) is 5.18. The number of likely N-dealkylation sites (tertiary alicyclic amines) is 1. The Morgan fingerprint density at radius 3 is 2.56 bits per heavy atom. The summed E-state index contributed by atoms with van der Waals surface area (Å²) in [5, 5.41) is 0. The van der Waals surface area contributed by atoms with E-state index >= 15 is 0 Å². The number of hydrogen-bond donors (Lipinski definition) is 1. The van der Waals surface area contributed by atoms with Crippen molar-refractivity contribution in [3.63, 3.8) is 0 Å². The highest BCUT2D eigenvalue weighted by Gasteiger charge is 2.23. The van der Waals surface area contributed by atoms with E-state index in [2.05, 4.69) is 11.8 Å². The number of nitrogens with zero attached hydrogens (tertiary/aromatic N) is 2. The van der Waals surface area contributed by atoms with E-state index < -0.39 is 0 Å². The van der Waals surface area contributed by atoms with Crippen LogP contribution in [0.2, 0.25) is 0 Å². The van der Waals surface area contributed by atoms with Crippen LogP contribution in [0.5, 0.6) is 0 Å². The number of hydrogen-bond acceptors (Lipinski definition) is 1. The summed E-state index contributed by atoms with van der Waals surface area (Å²) in [5.74, 6) is 0.818. The molecule has 0 radical (unpaired) electrons. The van der Waals surface area contributed by atoms with Crippen molar-refractivity contribution in [1.29, 1.82) is 0 Å². The lowest BCUT2D eigenvalue weighted by atomic mass is 10.0. The second kappa shape index (κ2) is 5.55. The van der Waals surface area contributed by atoms with E-state index in [1.807, 2.05) is 0 Å². The Bertz CT molecular complexity index is 244. The molecule has 1 heterocycles. The van der Waals surface area contributed by atoms with Crippen molar-refractivity contribution in [1.82, 2.24) is 4.90 Å². The Kier molecular flexibility index (Phi) is 4.08. The summed E-state index contributed by atoms with van der Waals surface area (Å²) in [5.41, 5.74) is 6.17. The molecule has 2 aliphatic rings. The van der Waals surface area contributed by atoms with E-state index in [0.717, 1.165) is 12.5 Å². The minimum atomic E-state index is 0.513. The predicted molar refractivity (Wildman–Crippen MR) is 68.5 cm³/mol. The Balaban J connectivity index is 1.97. The molecule has 16 heavy (non-hydrogen) atoms. The van der Waals surface area contributed by atoms with E-state index in [0.29, 0.717) is 12.1 Å². The third-order valence-electron chi connectivity index (χ3n) is 4.03. The smallest absolute Gasteiger partial charge is 0.191 e. The molecule has 3 nitrogen and oxygen atoms in total. The maximum absolute atomic E-state index is 6.17. The van der Waals surface area contributed by atoms with Crippen molar-refractivity contribution in [2.24, 2.45) is 10.7 Å². The highest BCUT2D eigenvalue weighted by Crippen LogP contribution is 2.23. The van der Waals surface area contributed by atoms with Crippen LogP contribution >= 0.6 is 0 Å². The standard InChI is InChI=1S/C13H25N3/c1-2-12-9-5-6-10-16(12)13(14)15-11-7-3-4-8-11/h11-12H,2-10H2,1H3,(H2,14,15). The van der Waals surface area contributed by atoms with Gasteiger partial charge in [-0.2, -0.15) is 0 Å². The molecule has 1 aliphatic carbocycles. The summed E-state index contributed by atoms with van der Waals surface area (Å²) in [6, 6.07) is 1.15. The SMILES string of the molecule is CCC1CCCCN1C(N)=NC1CCCC1. The molecule has 1 unspecified atom stereocenters. The third kappa shape index (κ3) is 2.69. The Labute approximate surface area is 99.1 Å². The lowest BCUT2D eigenvalue weighted by Gasteiger charge is -2.36. The monoisotopic (exact) mass is 223 g/mol. The first-order valence-electron chi connectivity index (χ1n) is 6.91. The summed E-state index contributed by atoms with van der Waals surface area (Å²) in [4.78, 5) is 7.07. The first-order chi connectivity index (χ1) is 7.81. The first-order valence-corrected chi connectivity index (χ1v) is 6.91. The van der Waals surface area contributed by atoms with Crippen LogP contribution < -0.4 is 5.73 Å². The van der Waals surface area contributed by atoms with Gasteiger partial charge in [0, 0.05) is 12.6 Å². The average molecular weight is 223 g/mol. The molecule has 0 aromatic rings. The van der Waals surface area contributed by atoms with Gasteiger partial charge in [0.2, 0.25) is 0 Å². The van der Waals surface area contributed by atoms with Gasteiger partial charge in [0.1, 0.15) is 0 Å². The second-order valence-corrected chi connectivity index (χ2v) is 5.18. The van der Waals surface area contributed by atoms with Crippen LogP contribution in [0, 0.1) is 0 Å². The molecular weight excluding hydrogens is 198 g/mol. The van der Waals surface area contributed by atoms with Crippen molar-refractivity contribution in [3.8, 4) is 0 Å². The zero-order valence-corrected chi connectivity index (χ0v) is 10.5. The van der Waals surface area contributed by atoms with Crippen LogP contribution in [0.3, 0.4) is 0 Å². The number of rotatable bonds is 2. The fraction of sp³-hybridized carbons (Fsp3) is 0.923. The van der Waals surface area contributed by atoms with Crippen LogP contribution in [-0.4, -0.2) is 29.5 Å². The molecule has 1 atom stereocenters. The van der Waals surface area contributed by atoms with Gasteiger partial charge in [0.05, 0.1) is 6.04 Å². The quantitative estimate of drug-likeness (QED) is 0.577. The molecule has 0 spiro atoms. The van der Waals surface area contributed by atoms with E-state index in [4.69, 9.17) is 10.7 Å². The molecule has 2 rings (SSSR count). The van der Waals surface area contributed by atoms with Crippen molar-refractivity contribution in [2.45, 2.75) is 70.4 Å². The number of aliphatic imine (C=N–C) groups is 1. The zero-order chi connectivity index (χ0) is 11.4. The largest absolute Gasteiger partial charge is 0.370 e. The van der Waals surface area contributed by atoms with Gasteiger partial charge in [0.25, 0.3) is 0 Å². The lowest BCUT2D eigenvalue weighted by Crippen LogP contribution is -2.47. The molecule has 0 aromatic carbocycles. The molecule has 2 fully saturated rings. The van der Waals surface area contributed by atoms with E-state index in [1.165, 1.54) is 51.4 Å². The van der Waals surface area contributed by atoms with E-state index in [9.17, 15) is 0 Å². The lowest BCUT2D eigenvalue weighted by molar-refractivity contribution is 0.232. The topological polar surface area (TPSA) is 41.6 Å². The normalized spacial score (nSPS) is 28.7. The van der Waals surface area contributed by atoms with Gasteiger partial charge in [-0.1, -0.05) is 19.8 Å². The minimum absolute atomic E-state index is 0.513. The molecule has 0 bridgehead atoms. The number of guanidine groups is 1. The third-order valence-corrected chi connectivity index (χ3v) is 4.03. The predicted octanol–water partition coefficient (Wildman–Crippen LogP) is 2.51. The van der Waals surface area contributed by atoms with Crippen molar-refractivity contribution < 1.29 is 0 Å². The van der Waals surface area contributed by atoms with Gasteiger partial charge in [0.15, 0.2) is 5.96 Å². The molecule has 1 saturated heterocycles. The Morgan fingerprint density at radius 1 is 1.19 bits per heavy atom. The van der Waals surface area contributed by atoms with Gasteiger partial charge >= 0.3 is 0 Å². The molecule has 0 amide bonds. The van der Waals surface area contributed by atoms with Crippen molar-refractivity contribution in [3.05, 3.63) is 0 Å². The number of nitrogens with two attached hydrogens (primary N) is 1. The molecule has 0 aromatic heterocycles. The summed E-state index contributed by atoms with van der Waals surface area (Å²) < 4.78 is 0. The van der Waals surface area contributed by atoms with Crippen LogP contribution in [0.4, 0.5) is 0 Å². The summed E-state index contributed by atoms with van der Waals surface area (Å²) >= 11 is 0. The van der Waals surface area contributed by atoms with Gasteiger partial charge in [-0.05, 0) is 38.5 Å². The van der Waals surface area contributed by atoms with Gasteiger partial charge in [-0.15, -0.1) is 0 Å². The highest BCUT2D eigenvalue weighted by molar-refractivity contribution is 5.78. The number of piperidine rings is 1. The van der Waals surface area contributed by atoms with Crippen LogP contribution in [0.1, 0.15) is 58.3 Å². The first kappa shape index (κ1) is 11.7. The molecule has 3 heteroatoms. The zero-order valence-electron chi connectivity index (χ0n) is 10.5. The summed E-state index contributed by atoms with van der Waals surface area (Å²) in [7, 11) is 0. The maximum atomic E-state index is 6.17. The van der Waals surface area contributed by atoms with Crippen LogP contribution in [0.15, 0.2) is 4.99 Å². The van der Waals surface area contributed by atoms with Crippen molar-refractivity contribution >= 4 is 5.96 Å². The van der Waals surface area contributed by atoms with Gasteiger partial charge in [-0.25, -0.2) is 4.99 Å². The fourth-order valence-corrected chi connectivity index (χ4v) is 3.02. The molecule has 92 valence electrons.